The van der Waals surface area contributed by atoms with Gasteiger partial charge in [0.05, 0.1) is 16.1 Å². The molecule has 0 radical (unpaired) electrons. The van der Waals surface area contributed by atoms with Gasteiger partial charge in [0.1, 0.15) is 5.75 Å². The van der Waals surface area contributed by atoms with Crippen molar-refractivity contribution in [3.63, 3.8) is 0 Å². The number of carbonyl (C=O) groups is 1. The van der Waals surface area contributed by atoms with Crippen LogP contribution >= 0.6 is 24.2 Å². The number of para-hydroxylation sites is 1. The molecule has 0 bridgehead atoms. The van der Waals surface area contributed by atoms with Crippen molar-refractivity contribution in [3.05, 3.63) is 88.6 Å². The fourth-order valence-corrected chi connectivity index (χ4v) is 4.10. The van der Waals surface area contributed by atoms with Crippen molar-refractivity contribution < 1.29 is 9.53 Å². The first kappa shape index (κ1) is 21.4. The number of carbonyl (C=O) groups excluding carboxylic acids is 1. The van der Waals surface area contributed by atoms with Gasteiger partial charge in [-0.25, -0.2) is 4.79 Å². The third-order valence-electron chi connectivity index (χ3n) is 5.27. The molecule has 156 valence electrons. The lowest BCUT2D eigenvalue weighted by Crippen LogP contribution is -2.10. The Hall–Kier alpha value is -2.82. The Morgan fingerprint density at radius 3 is 2.61 bits per heavy atom. The topological polar surface area (TPSA) is 39.2 Å². The summed E-state index contributed by atoms with van der Waals surface area (Å²) < 4.78 is 5.72. The van der Waals surface area contributed by atoms with Gasteiger partial charge in [-0.3, -0.25) is 4.98 Å². The van der Waals surface area contributed by atoms with E-state index in [0.717, 1.165) is 33.2 Å². The van der Waals surface area contributed by atoms with E-state index >= 15 is 0 Å². The molecule has 0 spiro atoms. The highest BCUT2D eigenvalue weighted by Gasteiger charge is 2.17. The number of aromatic nitrogens is 1. The first-order valence-corrected chi connectivity index (χ1v) is 10.9. The van der Waals surface area contributed by atoms with Crippen molar-refractivity contribution in [3.8, 4) is 16.9 Å². The lowest BCUT2D eigenvalue weighted by Gasteiger charge is -2.17. The van der Waals surface area contributed by atoms with Crippen LogP contribution in [-0.4, -0.2) is 11.0 Å². The molecular formula is C26H22ClNO2S. The third kappa shape index (κ3) is 4.32. The monoisotopic (exact) mass is 447 g/mol. The Labute approximate surface area is 192 Å². The van der Waals surface area contributed by atoms with E-state index < -0.39 is 5.97 Å². The van der Waals surface area contributed by atoms with E-state index in [0.29, 0.717) is 21.2 Å². The summed E-state index contributed by atoms with van der Waals surface area (Å²) in [6, 6.07) is 18.8. The maximum absolute atomic E-state index is 12.8. The molecule has 3 nitrogen and oxygen atoms in total. The van der Waals surface area contributed by atoms with Crippen molar-refractivity contribution in [2.24, 2.45) is 0 Å². The van der Waals surface area contributed by atoms with Crippen LogP contribution in [0.3, 0.4) is 0 Å². The molecule has 3 aromatic carbocycles. The van der Waals surface area contributed by atoms with Crippen molar-refractivity contribution in [2.75, 3.05) is 0 Å². The lowest BCUT2D eigenvalue weighted by atomic mass is 9.91. The number of ether oxygens (including phenoxy) is 1. The van der Waals surface area contributed by atoms with E-state index in [1.165, 1.54) is 0 Å². The highest BCUT2D eigenvalue weighted by atomic mass is 35.5. The maximum Gasteiger partial charge on any atom is 0.343 e. The number of benzene rings is 3. The molecule has 0 atom stereocenters. The Morgan fingerprint density at radius 2 is 1.84 bits per heavy atom. The zero-order valence-electron chi connectivity index (χ0n) is 17.5. The summed E-state index contributed by atoms with van der Waals surface area (Å²) >= 11 is 10.7. The largest absolute Gasteiger partial charge is 0.423 e. The normalized spacial score (nSPS) is 11.2. The number of nitrogens with zero attached hydrogens (tertiary/aromatic N) is 1. The fraction of sp³-hybridized carbons (Fsp3) is 0.154. The average molecular weight is 448 g/mol. The van der Waals surface area contributed by atoms with Crippen LogP contribution < -0.4 is 4.74 Å². The molecular weight excluding hydrogens is 426 g/mol. The second-order valence-electron chi connectivity index (χ2n) is 7.80. The molecule has 31 heavy (non-hydrogen) atoms. The van der Waals surface area contributed by atoms with E-state index in [1.54, 1.807) is 12.1 Å². The Morgan fingerprint density at radius 1 is 1.06 bits per heavy atom. The number of fused-ring (bicyclic) bond motifs is 1. The predicted molar refractivity (Wildman–Crippen MR) is 130 cm³/mol. The van der Waals surface area contributed by atoms with Gasteiger partial charge in [-0.15, -0.1) is 12.6 Å². The molecule has 4 aromatic rings. The van der Waals surface area contributed by atoms with Gasteiger partial charge in [-0.05, 0) is 65.4 Å². The van der Waals surface area contributed by atoms with Crippen LogP contribution in [-0.2, 0) is 0 Å². The average Bonchev–Trinajstić information content (AvgIpc) is 2.75. The maximum atomic E-state index is 12.8. The molecule has 0 saturated carbocycles. The minimum atomic E-state index is -0.405. The smallest absolute Gasteiger partial charge is 0.343 e. The van der Waals surface area contributed by atoms with Gasteiger partial charge >= 0.3 is 5.97 Å². The molecule has 0 aliphatic heterocycles. The number of pyridine rings is 1. The van der Waals surface area contributed by atoms with Crippen LogP contribution in [0.15, 0.2) is 71.8 Å². The molecule has 0 N–H and O–H groups in total. The minimum Gasteiger partial charge on any atom is -0.423 e. The van der Waals surface area contributed by atoms with Crippen LogP contribution in [0.5, 0.6) is 5.75 Å². The zero-order chi connectivity index (χ0) is 22.1. The van der Waals surface area contributed by atoms with Gasteiger partial charge in [0.15, 0.2) is 0 Å². The molecule has 0 saturated heterocycles. The van der Waals surface area contributed by atoms with Crippen molar-refractivity contribution in [1.82, 2.24) is 4.98 Å². The van der Waals surface area contributed by atoms with Crippen LogP contribution in [0.1, 0.15) is 41.3 Å². The van der Waals surface area contributed by atoms with Gasteiger partial charge in [-0.1, -0.05) is 55.8 Å². The summed E-state index contributed by atoms with van der Waals surface area (Å²) in [5, 5.41) is 1.58. The number of hydrogen-bond acceptors (Lipinski definition) is 4. The van der Waals surface area contributed by atoms with Crippen LogP contribution in [0.2, 0.25) is 5.02 Å². The van der Waals surface area contributed by atoms with Gasteiger partial charge in [0.25, 0.3) is 0 Å². The van der Waals surface area contributed by atoms with E-state index in [1.807, 2.05) is 61.7 Å². The molecule has 0 aliphatic rings. The molecule has 4 rings (SSSR count). The molecule has 0 amide bonds. The van der Waals surface area contributed by atoms with Crippen LogP contribution in [0.4, 0.5) is 0 Å². The number of hydrogen-bond donors (Lipinski definition) is 1. The molecule has 1 heterocycles. The Bertz CT molecular complexity index is 1300. The highest BCUT2D eigenvalue weighted by molar-refractivity contribution is 7.80. The van der Waals surface area contributed by atoms with Gasteiger partial charge in [0.2, 0.25) is 0 Å². The van der Waals surface area contributed by atoms with E-state index in [4.69, 9.17) is 16.3 Å². The number of halogens is 1. The summed E-state index contributed by atoms with van der Waals surface area (Å²) in [6.07, 6.45) is 1.88. The van der Waals surface area contributed by atoms with Gasteiger partial charge < -0.3 is 4.74 Å². The molecule has 5 heteroatoms. The summed E-state index contributed by atoms with van der Waals surface area (Å²) in [5.41, 5.74) is 5.21. The van der Waals surface area contributed by atoms with E-state index in [9.17, 15) is 4.79 Å². The zero-order valence-corrected chi connectivity index (χ0v) is 19.2. The SMILES string of the molecule is Cc1ccc(S)cc1C(=O)Oc1cccc(-c2c(C(C)C)cnc3c(Cl)cccc23)c1. The Kier molecular flexibility index (Phi) is 6.03. The quantitative estimate of drug-likeness (QED) is 0.200. The summed E-state index contributed by atoms with van der Waals surface area (Å²) in [4.78, 5) is 18.1. The van der Waals surface area contributed by atoms with Crippen molar-refractivity contribution in [2.45, 2.75) is 31.6 Å². The first-order chi connectivity index (χ1) is 14.8. The van der Waals surface area contributed by atoms with Gasteiger partial charge in [-0.2, -0.15) is 0 Å². The predicted octanol–water partition coefficient (Wildman–Crippen LogP) is 7.49. The van der Waals surface area contributed by atoms with Crippen LogP contribution in [0, 0.1) is 6.92 Å². The summed E-state index contributed by atoms with van der Waals surface area (Å²) in [5.74, 6) is 0.336. The molecule has 0 aliphatic carbocycles. The third-order valence-corrected chi connectivity index (χ3v) is 5.86. The number of aryl methyl sites for hydroxylation is 1. The standard InChI is InChI=1S/C26H22ClNO2S/c1-15(2)22-14-28-25-20(8-5-9-23(25)27)24(22)17-6-4-7-18(12-17)30-26(29)21-13-19(31)11-10-16(21)3/h4-15,31H,1-3H3. The number of thiol groups is 1. The second-order valence-corrected chi connectivity index (χ2v) is 8.72. The lowest BCUT2D eigenvalue weighted by molar-refractivity contribution is 0.0734. The van der Waals surface area contributed by atoms with E-state index in [2.05, 4.69) is 31.5 Å². The number of rotatable bonds is 4. The summed E-state index contributed by atoms with van der Waals surface area (Å²) in [6.45, 7) is 6.14. The van der Waals surface area contributed by atoms with Crippen molar-refractivity contribution >= 4 is 41.1 Å². The number of esters is 1. The summed E-state index contributed by atoms with van der Waals surface area (Å²) in [7, 11) is 0. The first-order valence-electron chi connectivity index (χ1n) is 10.0. The second kappa shape index (κ2) is 8.74. The van der Waals surface area contributed by atoms with Crippen molar-refractivity contribution in [1.29, 1.82) is 0 Å². The highest BCUT2D eigenvalue weighted by Crippen LogP contribution is 2.38. The van der Waals surface area contributed by atoms with Gasteiger partial charge in [0, 0.05) is 16.5 Å². The molecule has 0 fully saturated rings. The Balaban J connectivity index is 1.79. The minimum absolute atomic E-state index is 0.262. The van der Waals surface area contributed by atoms with E-state index in [-0.39, 0.29) is 5.92 Å². The molecule has 1 aromatic heterocycles. The van der Waals surface area contributed by atoms with Crippen LogP contribution in [0.25, 0.3) is 22.0 Å². The fourth-order valence-electron chi connectivity index (χ4n) is 3.67. The molecule has 0 unspecified atom stereocenters.